The molecule has 2 aromatic rings. The number of hydrogen-bond donors (Lipinski definition) is 1. The number of para-hydroxylation sites is 1. The summed E-state index contributed by atoms with van der Waals surface area (Å²) >= 11 is 6.22. The van der Waals surface area contributed by atoms with Gasteiger partial charge in [-0.25, -0.2) is 4.98 Å². The zero-order valence-electron chi connectivity index (χ0n) is 11.7. The fraction of sp³-hybridized carbons (Fsp3) is 0.400. The van der Waals surface area contributed by atoms with Crippen LogP contribution in [-0.4, -0.2) is 48.4 Å². The van der Waals surface area contributed by atoms with Crippen LogP contribution in [-0.2, 0) is 11.3 Å². The molecule has 0 amide bonds. The van der Waals surface area contributed by atoms with Crippen LogP contribution in [0, 0.1) is 0 Å². The van der Waals surface area contributed by atoms with Gasteiger partial charge in [0, 0.05) is 31.1 Å². The van der Waals surface area contributed by atoms with Crippen LogP contribution >= 0.6 is 11.6 Å². The highest BCUT2D eigenvalue weighted by molar-refractivity contribution is 6.30. The van der Waals surface area contributed by atoms with Gasteiger partial charge in [-0.05, 0) is 19.2 Å². The van der Waals surface area contributed by atoms with Crippen molar-refractivity contribution in [2.75, 3.05) is 27.3 Å². The minimum Gasteiger partial charge on any atom is -0.389 e. The van der Waals surface area contributed by atoms with Crippen molar-refractivity contribution in [3.8, 4) is 0 Å². The highest BCUT2D eigenvalue weighted by Crippen LogP contribution is 2.21. The summed E-state index contributed by atoms with van der Waals surface area (Å²) in [5.41, 5.74) is 1.85. The van der Waals surface area contributed by atoms with Crippen molar-refractivity contribution in [3.05, 3.63) is 41.0 Å². The Labute approximate surface area is 123 Å². The van der Waals surface area contributed by atoms with Crippen LogP contribution in [0.3, 0.4) is 0 Å². The molecule has 0 aliphatic heterocycles. The molecule has 108 valence electrons. The Kier molecular flexibility index (Phi) is 5.31. The molecule has 0 radical (unpaired) electrons. The van der Waals surface area contributed by atoms with Crippen molar-refractivity contribution in [3.63, 3.8) is 0 Å². The second-order valence-electron chi connectivity index (χ2n) is 4.94. The van der Waals surface area contributed by atoms with Gasteiger partial charge in [0.05, 0.1) is 18.2 Å². The Bertz CT molecular complexity index is 577. The summed E-state index contributed by atoms with van der Waals surface area (Å²) in [6.07, 6.45) is -0.503. The summed E-state index contributed by atoms with van der Waals surface area (Å²) in [6.45, 7) is 1.49. The first-order valence-corrected chi connectivity index (χ1v) is 6.87. The van der Waals surface area contributed by atoms with Crippen LogP contribution in [0.5, 0.6) is 0 Å². The smallest absolute Gasteiger partial charge is 0.134 e. The van der Waals surface area contributed by atoms with E-state index in [1.165, 1.54) is 0 Å². The lowest BCUT2D eigenvalue weighted by Gasteiger charge is -2.20. The monoisotopic (exact) mass is 294 g/mol. The van der Waals surface area contributed by atoms with Gasteiger partial charge in [0.1, 0.15) is 5.15 Å². The minimum atomic E-state index is -0.503. The van der Waals surface area contributed by atoms with Crippen LogP contribution in [0.1, 0.15) is 5.56 Å². The topological polar surface area (TPSA) is 45.6 Å². The molecule has 0 spiro atoms. The van der Waals surface area contributed by atoms with E-state index in [0.717, 1.165) is 16.5 Å². The van der Waals surface area contributed by atoms with Gasteiger partial charge in [-0.15, -0.1) is 0 Å². The maximum atomic E-state index is 9.72. The van der Waals surface area contributed by atoms with E-state index in [-0.39, 0.29) is 0 Å². The molecular formula is C15H19ClN2O2. The van der Waals surface area contributed by atoms with Crippen molar-refractivity contribution in [1.82, 2.24) is 9.88 Å². The Morgan fingerprint density at radius 1 is 1.40 bits per heavy atom. The number of ether oxygens (including phenoxy) is 1. The van der Waals surface area contributed by atoms with Gasteiger partial charge < -0.3 is 9.84 Å². The molecule has 0 aliphatic rings. The number of halogens is 1. The number of aliphatic hydroxyl groups is 1. The third kappa shape index (κ3) is 3.90. The third-order valence-corrected chi connectivity index (χ3v) is 3.40. The first-order chi connectivity index (χ1) is 9.60. The van der Waals surface area contributed by atoms with Crippen LogP contribution in [0.15, 0.2) is 30.3 Å². The second kappa shape index (κ2) is 6.99. The minimum absolute atomic E-state index is 0.327. The predicted molar refractivity (Wildman–Crippen MR) is 81.0 cm³/mol. The molecule has 1 aromatic heterocycles. The molecule has 0 bridgehead atoms. The van der Waals surface area contributed by atoms with E-state index in [4.69, 9.17) is 16.3 Å². The van der Waals surface area contributed by atoms with E-state index in [1.54, 1.807) is 7.11 Å². The normalized spacial score (nSPS) is 13.1. The average Bonchev–Trinajstić information content (AvgIpc) is 2.39. The molecule has 1 unspecified atom stereocenters. The summed E-state index contributed by atoms with van der Waals surface area (Å²) < 4.78 is 4.92. The first kappa shape index (κ1) is 15.2. The van der Waals surface area contributed by atoms with Crippen molar-refractivity contribution in [2.24, 2.45) is 0 Å². The zero-order valence-corrected chi connectivity index (χ0v) is 12.5. The average molecular weight is 295 g/mol. The molecule has 0 saturated heterocycles. The summed E-state index contributed by atoms with van der Waals surface area (Å²) in [7, 11) is 3.51. The standard InChI is InChI=1S/C15H19ClN2O2/c1-18(9-13(19)10-20-2)8-12-7-11-5-3-4-6-14(11)17-15(12)16/h3-7,13,19H,8-10H2,1-2H3. The number of aliphatic hydroxyl groups excluding tert-OH is 1. The number of methoxy groups -OCH3 is 1. The van der Waals surface area contributed by atoms with Gasteiger partial charge in [0.2, 0.25) is 0 Å². The highest BCUT2D eigenvalue weighted by Gasteiger charge is 2.11. The van der Waals surface area contributed by atoms with Crippen molar-refractivity contribution in [2.45, 2.75) is 12.6 Å². The quantitative estimate of drug-likeness (QED) is 0.831. The number of pyridine rings is 1. The van der Waals surface area contributed by atoms with Crippen LogP contribution in [0.2, 0.25) is 5.15 Å². The summed E-state index contributed by atoms with van der Waals surface area (Å²) in [5, 5.41) is 11.3. The maximum absolute atomic E-state index is 9.72. The second-order valence-corrected chi connectivity index (χ2v) is 5.29. The van der Waals surface area contributed by atoms with E-state index in [2.05, 4.69) is 4.98 Å². The van der Waals surface area contributed by atoms with Crippen molar-refractivity contribution >= 4 is 22.5 Å². The lowest BCUT2D eigenvalue weighted by atomic mass is 10.1. The van der Waals surface area contributed by atoms with Gasteiger partial charge in [-0.2, -0.15) is 0 Å². The molecule has 0 fully saturated rings. The van der Waals surface area contributed by atoms with Gasteiger partial charge in [-0.1, -0.05) is 29.8 Å². The Balaban J connectivity index is 2.10. The largest absolute Gasteiger partial charge is 0.389 e. The number of rotatable bonds is 6. The van der Waals surface area contributed by atoms with E-state index in [9.17, 15) is 5.11 Å². The fourth-order valence-electron chi connectivity index (χ4n) is 2.21. The fourth-order valence-corrected chi connectivity index (χ4v) is 2.41. The van der Waals surface area contributed by atoms with Crippen molar-refractivity contribution in [1.29, 1.82) is 0 Å². The number of benzene rings is 1. The predicted octanol–water partition coefficient (Wildman–Crippen LogP) is 2.33. The SMILES string of the molecule is COCC(O)CN(C)Cc1cc2ccccc2nc1Cl. The summed E-state index contributed by atoms with van der Waals surface area (Å²) in [4.78, 5) is 6.40. The molecule has 2 rings (SSSR count). The molecule has 0 saturated carbocycles. The van der Waals surface area contributed by atoms with Gasteiger partial charge >= 0.3 is 0 Å². The van der Waals surface area contributed by atoms with Crippen LogP contribution in [0.4, 0.5) is 0 Å². The zero-order chi connectivity index (χ0) is 14.5. The van der Waals surface area contributed by atoms with E-state index >= 15 is 0 Å². The third-order valence-electron chi connectivity index (χ3n) is 3.07. The first-order valence-electron chi connectivity index (χ1n) is 6.50. The van der Waals surface area contributed by atoms with Crippen molar-refractivity contribution < 1.29 is 9.84 Å². The molecule has 1 aromatic carbocycles. The Morgan fingerprint density at radius 3 is 2.90 bits per heavy atom. The van der Waals surface area contributed by atoms with E-state index < -0.39 is 6.10 Å². The molecule has 4 nitrogen and oxygen atoms in total. The van der Waals surface area contributed by atoms with Gasteiger partial charge in [0.25, 0.3) is 0 Å². The van der Waals surface area contributed by atoms with E-state index in [0.29, 0.717) is 24.8 Å². The molecular weight excluding hydrogens is 276 g/mol. The highest BCUT2D eigenvalue weighted by atomic mass is 35.5. The Hall–Kier alpha value is -1.20. The van der Waals surface area contributed by atoms with Crippen LogP contribution in [0.25, 0.3) is 10.9 Å². The number of likely N-dealkylation sites (N-methyl/N-ethyl adjacent to an activating group) is 1. The number of hydrogen-bond acceptors (Lipinski definition) is 4. The number of nitrogens with zero attached hydrogens (tertiary/aromatic N) is 2. The molecule has 5 heteroatoms. The molecule has 20 heavy (non-hydrogen) atoms. The lowest BCUT2D eigenvalue weighted by molar-refractivity contribution is 0.0419. The molecule has 1 atom stereocenters. The Morgan fingerprint density at radius 2 is 2.15 bits per heavy atom. The molecule has 1 N–H and O–H groups in total. The number of fused-ring (bicyclic) bond motifs is 1. The number of aromatic nitrogens is 1. The molecule has 1 heterocycles. The molecule has 0 aliphatic carbocycles. The lowest BCUT2D eigenvalue weighted by Crippen LogP contribution is -2.31. The summed E-state index contributed by atoms with van der Waals surface area (Å²) in [6, 6.07) is 9.93. The van der Waals surface area contributed by atoms with Crippen LogP contribution < -0.4 is 0 Å². The van der Waals surface area contributed by atoms with Gasteiger partial charge in [0.15, 0.2) is 0 Å². The van der Waals surface area contributed by atoms with Gasteiger partial charge in [-0.3, -0.25) is 4.90 Å². The summed E-state index contributed by atoms with van der Waals surface area (Å²) in [5.74, 6) is 0. The maximum Gasteiger partial charge on any atom is 0.134 e. The van der Waals surface area contributed by atoms with E-state index in [1.807, 2.05) is 42.3 Å².